The molecule has 0 aromatic heterocycles. The van der Waals surface area contributed by atoms with Crippen LogP contribution in [0.2, 0.25) is 0 Å². The summed E-state index contributed by atoms with van der Waals surface area (Å²) in [6.07, 6.45) is 7.39. The normalized spacial score (nSPS) is 24.1. The molecule has 0 saturated heterocycles. The monoisotopic (exact) mass is 398 g/mol. The van der Waals surface area contributed by atoms with Crippen molar-refractivity contribution in [3.05, 3.63) is 58.7 Å². The SMILES string of the molecule is CCCC1CCC(C2Cc3ccc(-c4ccc(C)c(F)c4)c(F)c3C(=O)O2)CC1. The van der Waals surface area contributed by atoms with Crippen molar-refractivity contribution in [1.29, 1.82) is 0 Å². The molecule has 0 spiro atoms. The van der Waals surface area contributed by atoms with Gasteiger partial charge in [-0.3, -0.25) is 0 Å². The standard InChI is InChI=1S/C25H28F2O2/c1-3-4-16-6-9-17(10-7-16)22-14-19-11-12-20(24(27)23(19)25(28)29-22)18-8-5-15(2)21(26)13-18/h5,8,11-13,16-17,22H,3-4,6-7,9-10,14H2,1-2H3. The first kappa shape index (κ1) is 20.1. The summed E-state index contributed by atoms with van der Waals surface area (Å²) in [4.78, 5) is 12.7. The van der Waals surface area contributed by atoms with E-state index in [2.05, 4.69) is 6.92 Å². The van der Waals surface area contributed by atoms with Crippen LogP contribution in [0.15, 0.2) is 30.3 Å². The molecule has 2 nitrogen and oxygen atoms in total. The third-order valence-electron chi connectivity index (χ3n) is 6.71. The molecule has 4 heteroatoms. The summed E-state index contributed by atoms with van der Waals surface area (Å²) in [6.45, 7) is 3.88. The second-order valence-corrected chi connectivity index (χ2v) is 8.64. The molecule has 1 aliphatic heterocycles. The first-order valence-corrected chi connectivity index (χ1v) is 10.8. The van der Waals surface area contributed by atoms with E-state index in [0.29, 0.717) is 29.0 Å². The zero-order chi connectivity index (χ0) is 20.5. The van der Waals surface area contributed by atoms with Crippen molar-refractivity contribution in [3.8, 4) is 11.1 Å². The molecule has 1 saturated carbocycles. The predicted octanol–water partition coefficient (Wildman–Crippen LogP) is 6.63. The van der Waals surface area contributed by atoms with Crippen molar-refractivity contribution < 1.29 is 18.3 Å². The average Bonchev–Trinajstić information content (AvgIpc) is 2.71. The highest BCUT2D eigenvalue weighted by Gasteiger charge is 2.36. The molecule has 1 atom stereocenters. The molecule has 2 aromatic carbocycles. The summed E-state index contributed by atoms with van der Waals surface area (Å²) >= 11 is 0. The molecule has 1 fully saturated rings. The molecule has 1 aliphatic carbocycles. The highest BCUT2D eigenvalue weighted by Crippen LogP contribution is 2.38. The maximum Gasteiger partial charge on any atom is 0.341 e. The first-order valence-electron chi connectivity index (χ1n) is 10.8. The average molecular weight is 398 g/mol. The van der Waals surface area contributed by atoms with Crippen LogP contribution in [-0.2, 0) is 11.2 Å². The molecule has 2 aromatic rings. The van der Waals surface area contributed by atoms with E-state index in [0.717, 1.165) is 18.8 Å². The van der Waals surface area contributed by atoms with Crippen LogP contribution in [-0.4, -0.2) is 12.1 Å². The van der Waals surface area contributed by atoms with Gasteiger partial charge in [0.25, 0.3) is 0 Å². The molecule has 0 radical (unpaired) electrons. The number of hydrogen-bond acceptors (Lipinski definition) is 2. The van der Waals surface area contributed by atoms with Gasteiger partial charge in [-0.15, -0.1) is 0 Å². The highest BCUT2D eigenvalue weighted by molar-refractivity contribution is 5.94. The van der Waals surface area contributed by atoms with Gasteiger partial charge in [0.1, 0.15) is 17.7 Å². The van der Waals surface area contributed by atoms with Gasteiger partial charge in [-0.25, -0.2) is 13.6 Å². The lowest BCUT2D eigenvalue weighted by Gasteiger charge is -2.36. The minimum Gasteiger partial charge on any atom is -0.458 e. The number of fused-ring (bicyclic) bond motifs is 1. The fourth-order valence-corrected chi connectivity index (χ4v) is 4.96. The van der Waals surface area contributed by atoms with Gasteiger partial charge in [-0.2, -0.15) is 0 Å². The van der Waals surface area contributed by atoms with Gasteiger partial charge < -0.3 is 4.74 Å². The summed E-state index contributed by atoms with van der Waals surface area (Å²) in [5, 5.41) is 0. The third kappa shape index (κ3) is 3.94. The summed E-state index contributed by atoms with van der Waals surface area (Å²) in [7, 11) is 0. The van der Waals surface area contributed by atoms with Crippen molar-refractivity contribution >= 4 is 5.97 Å². The van der Waals surface area contributed by atoms with Crippen LogP contribution >= 0.6 is 0 Å². The number of aryl methyl sites for hydroxylation is 1. The van der Waals surface area contributed by atoms with Gasteiger partial charge in [0.05, 0.1) is 5.56 Å². The van der Waals surface area contributed by atoms with Crippen molar-refractivity contribution in [2.45, 2.75) is 64.9 Å². The van der Waals surface area contributed by atoms with Crippen LogP contribution in [0, 0.1) is 30.4 Å². The number of hydrogen-bond donors (Lipinski definition) is 0. The van der Waals surface area contributed by atoms with E-state index >= 15 is 4.39 Å². The van der Waals surface area contributed by atoms with Gasteiger partial charge in [0, 0.05) is 12.0 Å². The van der Waals surface area contributed by atoms with E-state index in [9.17, 15) is 9.18 Å². The summed E-state index contributed by atoms with van der Waals surface area (Å²) < 4.78 is 34.8. The van der Waals surface area contributed by atoms with E-state index in [1.165, 1.54) is 31.7 Å². The fourth-order valence-electron chi connectivity index (χ4n) is 4.96. The van der Waals surface area contributed by atoms with Crippen LogP contribution < -0.4 is 0 Å². The minimum absolute atomic E-state index is 0.0133. The number of ether oxygens (including phenoxy) is 1. The topological polar surface area (TPSA) is 26.3 Å². The summed E-state index contributed by atoms with van der Waals surface area (Å²) in [5.41, 5.74) is 1.88. The van der Waals surface area contributed by atoms with Gasteiger partial charge in [0.15, 0.2) is 0 Å². The van der Waals surface area contributed by atoms with Crippen molar-refractivity contribution in [1.82, 2.24) is 0 Å². The Bertz CT molecular complexity index is 913. The number of halogens is 2. The van der Waals surface area contributed by atoms with Crippen molar-refractivity contribution in [3.63, 3.8) is 0 Å². The van der Waals surface area contributed by atoms with E-state index in [1.807, 2.05) is 6.07 Å². The van der Waals surface area contributed by atoms with E-state index in [1.54, 1.807) is 25.1 Å². The van der Waals surface area contributed by atoms with Crippen LogP contribution in [0.1, 0.15) is 66.9 Å². The molecular weight excluding hydrogens is 370 g/mol. The molecule has 2 aliphatic rings. The Balaban J connectivity index is 1.56. The number of carbonyl (C=O) groups is 1. The lowest BCUT2D eigenvalue weighted by Crippen LogP contribution is -2.36. The number of cyclic esters (lactones) is 1. The second-order valence-electron chi connectivity index (χ2n) is 8.64. The number of esters is 1. The molecule has 0 N–H and O–H groups in total. The fraction of sp³-hybridized carbons (Fsp3) is 0.480. The smallest absolute Gasteiger partial charge is 0.341 e. The maximum absolute atomic E-state index is 15.2. The highest BCUT2D eigenvalue weighted by atomic mass is 19.1. The molecule has 1 unspecified atom stereocenters. The zero-order valence-electron chi connectivity index (χ0n) is 17.1. The quantitative estimate of drug-likeness (QED) is 0.541. The van der Waals surface area contributed by atoms with E-state index in [-0.39, 0.29) is 23.0 Å². The van der Waals surface area contributed by atoms with Crippen LogP contribution in [0.3, 0.4) is 0 Å². The largest absolute Gasteiger partial charge is 0.458 e. The van der Waals surface area contributed by atoms with Gasteiger partial charge in [0.2, 0.25) is 0 Å². The Morgan fingerprint density at radius 1 is 1.07 bits per heavy atom. The minimum atomic E-state index is -0.610. The van der Waals surface area contributed by atoms with Gasteiger partial charge in [-0.05, 0) is 54.4 Å². The predicted molar refractivity (Wildman–Crippen MR) is 110 cm³/mol. The molecule has 29 heavy (non-hydrogen) atoms. The Kier molecular flexibility index (Phi) is 5.71. The molecule has 1 heterocycles. The molecule has 0 bridgehead atoms. The number of rotatable bonds is 4. The number of benzene rings is 2. The summed E-state index contributed by atoms with van der Waals surface area (Å²) in [5.74, 6) is -0.437. The Hall–Kier alpha value is -2.23. The van der Waals surface area contributed by atoms with Crippen molar-refractivity contribution in [2.75, 3.05) is 0 Å². The third-order valence-corrected chi connectivity index (χ3v) is 6.71. The Morgan fingerprint density at radius 3 is 2.52 bits per heavy atom. The summed E-state index contributed by atoms with van der Waals surface area (Å²) in [6, 6.07) is 8.07. The van der Waals surface area contributed by atoms with Crippen LogP contribution in [0.4, 0.5) is 8.78 Å². The molecule has 0 amide bonds. The Labute approximate surface area is 171 Å². The van der Waals surface area contributed by atoms with Crippen molar-refractivity contribution in [2.24, 2.45) is 11.8 Å². The molecule has 4 rings (SSSR count). The maximum atomic E-state index is 15.2. The zero-order valence-corrected chi connectivity index (χ0v) is 17.1. The lowest BCUT2D eigenvalue weighted by atomic mass is 9.76. The van der Waals surface area contributed by atoms with Gasteiger partial charge in [-0.1, -0.05) is 56.9 Å². The van der Waals surface area contributed by atoms with Gasteiger partial charge >= 0.3 is 5.97 Å². The van der Waals surface area contributed by atoms with E-state index < -0.39 is 11.8 Å². The Morgan fingerprint density at radius 2 is 1.83 bits per heavy atom. The first-order chi connectivity index (χ1) is 14.0. The van der Waals surface area contributed by atoms with Crippen LogP contribution in [0.5, 0.6) is 0 Å². The number of carbonyl (C=O) groups excluding carboxylic acids is 1. The second kappa shape index (κ2) is 8.25. The molecular formula is C25H28F2O2. The lowest BCUT2D eigenvalue weighted by molar-refractivity contribution is -0.000877. The molecule has 154 valence electrons. The van der Waals surface area contributed by atoms with Crippen LogP contribution in [0.25, 0.3) is 11.1 Å². The van der Waals surface area contributed by atoms with E-state index in [4.69, 9.17) is 4.74 Å².